The van der Waals surface area contributed by atoms with Crippen LogP contribution in [-0.4, -0.2) is 0 Å². The number of hydrogen-bond acceptors (Lipinski definition) is 1. The van der Waals surface area contributed by atoms with Gasteiger partial charge in [0.15, 0.2) is 6.07 Å². The summed E-state index contributed by atoms with van der Waals surface area (Å²) >= 11 is 0. The fourth-order valence-electron chi connectivity index (χ4n) is 4.69. The van der Waals surface area contributed by atoms with Gasteiger partial charge in [0.1, 0.15) is 0 Å². The van der Waals surface area contributed by atoms with Crippen LogP contribution in [0.4, 0.5) is 0 Å². The van der Waals surface area contributed by atoms with Gasteiger partial charge < -0.3 is 0 Å². The Labute approximate surface area is 144 Å². The standard InChI is InChI=1S/C22H35N/c1-2-3-4-6-19-8-12-21(13-9-19)16-17-22-14-10-20(11-15-22)7-5-18-23/h19-22H,2-4,6,8-17H2,1H3/t19-,20-,21-,22-. The minimum atomic E-state index is 0.504. The van der Waals surface area contributed by atoms with Crippen LogP contribution < -0.4 is 0 Å². The van der Waals surface area contributed by atoms with E-state index in [9.17, 15) is 0 Å². The molecule has 0 aromatic heterocycles. The van der Waals surface area contributed by atoms with Crippen molar-refractivity contribution in [2.75, 3.05) is 0 Å². The van der Waals surface area contributed by atoms with Crippen molar-refractivity contribution in [3.05, 3.63) is 0 Å². The van der Waals surface area contributed by atoms with E-state index in [1.165, 1.54) is 89.9 Å². The summed E-state index contributed by atoms with van der Waals surface area (Å²) < 4.78 is 0. The second-order valence-corrected chi connectivity index (χ2v) is 8.06. The Morgan fingerprint density at radius 3 is 1.78 bits per heavy atom. The van der Waals surface area contributed by atoms with Crippen molar-refractivity contribution in [1.29, 1.82) is 5.26 Å². The van der Waals surface area contributed by atoms with E-state index in [2.05, 4.69) is 18.8 Å². The maximum Gasteiger partial charge on any atom is 0.152 e. The Morgan fingerprint density at radius 1 is 0.739 bits per heavy atom. The lowest BCUT2D eigenvalue weighted by Gasteiger charge is -2.31. The predicted molar refractivity (Wildman–Crippen MR) is 97.7 cm³/mol. The molecule has 0 bridgehead atoms. The average molecular weight is 314 g/mol. The molecule has 128 valence electrons. The lowest BCUT2D eigenvalue weighted by Crippen LogP contribution is -2.18. The number of nitriles is 1. The quantitative estimate of drug-likeness (QED) is 0.389. The summed E-state index contributed by atoms with van der Waals surface area (Å²) in [6, 6.07) is 1.95. The van der Waals surface area contributed by atoms with E-state index in [1.807, 2.05) is 6.07 Å². The van der Waals surface area contributed by atoms with E-state index >= 15 is 0 Å². The zero-order chi connectivity index (χ0) is 16.3. The number of nitrogens with zero attached hydrogens (tertiary/aromatic N) is 1. The van der Waals surface area contributed by atoms with E-state index < -0.39 is 0 Å². The van der Waals surface area contributed by atoms with Crippen LogP contribution in [0, 0.1) is 46.8 Å². The molecule has 0 atom stereocenters. The van der Waals surface area contributed by atoms with Crippen LogP contribution in [0.15, 0.2) is 0 Å². The maximum absolute atomic E-state index is 8.53. The number of hydrogen-bond donors (Lipinski definition) is 0. The van der Waals surface area contributed by atoms with Gasteiger partial charge in [-0.05, 0) is 43.4 Å². The molecule has 0 unspecified atom stereocenters. The summed E-state index contributed by atoms with van der Waals surface area (Å²) in [6.07, 6.45) is 19.8. The van der Waals surface area contributed by atoms with Gasteiger partial charge in [0.2, 0.25) is 0 Å². The van der Waals surface area contributed by atoms with Gasteiger partial charge in [0, 0.05) is 11.8 Å². The molecule has 0 aromatic rings. The van der Waals surface area contributed by atoms with Gasteiger partial charge in [-0.1, -0.05) is 77.1 Å². The molecule has 1 nitrogen and oxygen atoms in total. The highest BCUT2D eigenvalue weighted by molar-refractivity contribution is 5.18. The molecule has 0 aromatic carbocycles. The average Bonchev–Trinajstić information content (AvgIpc) is 2.60. The van der Waals surface area contributed by atoms with E-state index in [0.717, 1.165) is 17.8 Å². The third kappa shape index (κ3) is 6.99. The van der Waals surface area contributed by atoms with Gasteiger partial charge in [-0.3, -0.25) is 0 Å². The van der Waals surface area contributed by atoms with Gasteiger partial charge in [-0.25, -0.2) is 0 Å². The molecule has 23 heavy (non-hydrogen) atoms. The first kappa shape index (κ1) is 18.4. The van der Waals surface area contributed by atoms with Crippen molar-refractivity contribution < 1.29 is 0 Å². The van der Waals surface area contributed by atoms with Crippen LogP contribution in [0.25, 0.3) is 0 Å². The Hall–Kier alpha value is -0.950. The SMILES string of the molecule is CCCCC[C@H]1CC[C@H](CC[C@H]2CC[C@H](C#CC#N)CC2)CC1. The molecule has 0 spiro atoms. The molecule has 0 N–H and O–H groups in total. The summed E-state index contributed by atoms with van der Waals surface area (Å²) in [6.45, 7) is 2.31. The molecule has 0 amide bonds. The summed E-state index contributed by atoms with van der Waals surface area (Å²) in [4.78, 5) is 0. The molecule has 1 heteroatoms. The minimum Gasteiger partial charge on any atom is -0.183 e. The van der Waals surface area contributed by atoms with Crippen LogP contribution >= 0.6 is 0 Å². The highest BCUT2D eigenvalue weighted by Crippen LogP contribution is 2.37. The lowest BCUT2D eigenvalue weighted by molar-refractivity contribution is 0.220. The van der Waals surface area contributed by atoms with E-state index in [1.54, 1.807) is 0 Å². The van der Waals surface area contributed by atoms with E-state index in [0.29, 0.717) is 5.92 Å². The summed E-state index contributed by atoms with van der Waals surface area (Å²) in [5.74, 6) is 9.22. The van der Waals surface area contributed by atoms with Crippen molar-refractivity contribution in [3.8, 4) is 17.9 Å². The third-order valence-corrected chi connectivity index (χ3v) is 6.34. The number of rotatable bonds is 7. The topological polar surface area (TPSA) is 23.8 Å². The molecule has 2 fully saturated rings. The molecule has 0 aliphatic heterocycles. The molecule has 2 saturated carbocycles. The molecule has 0 radical (unpaired) electrons. The fourth-order valence-corrected chi connectivity index (χ4v) is 4.69. The first-order valence-corrected chi connectivity index (χ1v) is 10.2. The Kier molecular flexibility index (Phi) is 8.60. The maximum atomic E-state index is 8.53. The first-order valence-electron chi connectivity index (χ1n) is 10.2. The normalized spacial score (nSPS) is 31.0. The highest BCUT2D eigenvalue weighted by Gasteiger charge is 2.24. The van der Waals surface area contributed by atoms with Crippen LogP contribution in [-0.2, 0) is 0 Å². The molecule has 2 aliphatic carbocycles. The van der Waals surface area contributed by atoms with E-state index in [-0.39, 0.29) is 0 Å². The van der Waals surface area contributed by atoms with Crippen LogP contribution in [0.3, 0.4) is 0 Å². The van der Waals surface area contributed by atoms with Crippen molar-refractivity contribution in [2.45, 2.75) is 96.8 Å². The molecule has 0 heterocycles. The van der Waals surface area contributed by atoms with Crippen LogP contribution in [0.1, 0.15) is 96.8 Å². The third-order valence-electron chi connectivity index (χ3n) is 6.34. The van der Waals surface area contributed by atoms with Crippen molar-refractivity contribution in [3.63, 3.8) is 0 Å². The second-order valence-electron chi connectivity index (χ2n) is 8.06. The van der Waals surface area contributed by atoms with Gasteiger partial charge in [-0.2, -0.15) is 5.26 Å². The van der Waals surface area contributed by atoms with Gasteiger partial charge >= 0.3 is 0 Å². The monoisotopic (exact) mass is 313 g/mol. The van der Waals surface area contributed by atoms with Crippen molar-refractivity contribution in [2.24, 2.45) is 23.7 Å². The first-order chi connectivity index (χ1) is 11.3. The number of unbranched alkanes of at least 4 members (excludes halogenated alkanes) is 2. The largest absolute Gasteiger partial charge is 0.183 e. The molecular formula is C22H35N. The van der Waals surface area contributed by atoms with Crippen molar-refractivity contribution >= 4 is 0 Å². The second kappa shape index (κ2) is 10.8. The smallest absolute Gasteiger partial charge is 0.152 e. The van der Waals surface area contributed by atoms with Gasteiger partial charge in [0.05, 0.1) is 0 Å². The van der Waals surface area contributed by atoms with Gasteiger partial charge in [-0.15, -0.1) is 0 Å². The lowest BCUT2D eigenvalue weighted by atomic mass is 9.75. The Bertz CT molecular complexity index is 405. The zero-order valence-electron chi connectivity index (χ0n) is 15.2. The molecule has 2 rings (SSSR count). The minimum absolute atomic E-state index is 0.504. The summed E-state index contributed by atoms with van der Waals surface area (Å²) in [5.41, 5.74) is 0. The summed E-state index contributed by atoms with van der Waals surface area (Å²) in [5, 5.41) is 8.53. The zero-order valence-corrected chi connectivity index (χ0v) is 15.2. The molecule has 2 aliphatic rings. The van der Waals surface area contributed by atoms with Crippen LogP contribution in [0.2, 0.25) is 0 Å². The van der Waals surface area contributed by atoms with Gasteiger partial charge in [0.25, 0.3) is 0 Å². The van der Waals surface area contributed by atoms with Crippen LogP contribution in [0.5, 0.6) is 0 Å². The Balaban J connectivity index is 1.55. The molecule has 0 saturated heterocycles. The highest BCUT2D eigenvalue weighted by atomic mass is 14.3. The fraction of sp³-hybridized carbons (Fsp3) is 0.864. The van der Waals surface area contributed by atoms with Crippen molar-refractivity contribution in [1.82, 2.24) is 0 Å². The molecular weight excluding hydrogens is 278 g/mol. The van der Waals surface area contributed by atoms with E-state index in [4.69, 9.17) is 5.26 Å². The summed E-state index contributed by atoms with van der Waals surface area (Å²) in [7, 11) is 0. The Morgan fingerprint density at radius 2 is 1.26 bits per heavy atom. The predicted octanol–water partition coefficient (Wildman–Crippen LogP) is 6.49.